The van der Waals surface area contributed by atoms with Gasteiger partial charge in [-0.05, 0) is 25.0 Å². The fourth-order valence-corrected chi connectivity index (χ4v) is 3.57. The monoisotopic (exact) mass is 450 g/mol. The summed E-state index contributed by atoms with van der Waals surface area (Å²) in [7, 11) is 0. The Morgan fingerprint density at radius 1 is 0.750 bits per heavy atom. The summed E-state index contributed by atoms with van der Waals surface area (Å²) in [5.41, 5.74) is 10.7. The number of hydrazine groups is 4. The molecule has 0 aromatic carbocycles. The molecule has 12 heteroatoms. The minimum atomic E-state index is -0.371. The lowest BCUT2D eigenvalue weighted by molar-refractivity contribution is -0.215. The molecule has 2 saturated heterocycles. The Labute approximate surface area is 188 Å². The first-order valence-corrected chi connectivity index (χ1v) is 10.8. The summed E-state index contributed by atoms with van der Waals surface area (Å²) >= 11 is 0. The average molecular weight is 451 g/mol. The third kappa shape index (κ3) is 8.04. The quantitative estimate of drug-likeness (QED) is 0.252. The molecule has 2 heterocycles. The van der Waals surface area contributed by atoms with Gasteiger partial charge in [0.25, 0.3) is 17.7 Å². The molecule has 0 spiro atoms. The maximum atomic E-state index is 13.1. The molecule has 0 saturated carbocycles. The fourth-order valence-electron chi connectivity index (χ4n) is 3.57. The van der Waals surface area contributed by atoms with E-state index in [1.54, 1.807) is 15.1 Å². The molecule has 0 unspecified atom stereocenters. The predicted octanol–water partition coefficient (Wildman–Crippen LogP) is -1.64. The van der Waals surface area contributed by atoms with E-state index in [2.05, 4.69) is 24.0 Å². The van der Waals surface area contributed by atoms with Crippen molar-refractivity contribution in [2.75, 3.05) is 52.4 Å². The zero-order valence-corrected chi connectivity index (χ0v) is 18.5. The van der Waals surface area contributed by atoms with Crippen molar-refractivity contribution in [3.8, 4) is 0 Å². The summed E-state index contributed by atoms with van der Waals surface area (Å²) in [6.45, 7) is 11.4. The number of hydrogen-bond acceptors (Lipinski definition) is 8. The molecular weight excluding hydrogens is 416 g/mol. The average Bonchev–Trinajstić information content (AvgIpc) is 2.78. The van der Waals surface area contributed by atoms with Crippen molar-refractivity contribution >= 4 is 23.6 Å². The van der Waals surface area contributed by atoms with Gasteiger partial charge in [0.2, 0.25) is 5.91 Å². The molecule has 0 aromatic heterocycles. The van der Waals surface area contributed by atoms with Crippen LogP contribution < -0.4 is 16.6 Å². The van der Waals surface area contributed by atoms with Crippen molar-refractivity contribution in [2.24, 2.45) is 5.73 Å². The van der Waals surface area contributed by atoms with Crippen LogP contribution in [-0.4, -0.2) is 101 Å². The second-order valence-electron chi connectivity index (χ2n) is 7.60. The van der Waals surface area contributed by atoms with E-state index >= 15 is 0 Å². The molecule has 0 atom stereocenters. The van der Waals surface area contributed by atoms with E-state index < -0.39 is 0 Å². The van der Waals surface area contributed by atoms with E-state index in [0.29, 0.717) is 71.6 Å². The van der Waals surface area contributed by atoms with Crippen LogP contribution >= 0.6 is 0 Å². The van der Waals surface area contributed by atoms with Crippen LogP contribution in [0.2, 0.25) is 0 Å². The molecule has 12 nitrogen and oxygen atoms in total. The SMILES string of the molecule is C=CC(=O)NN1CCN(N(C(=O)CCCCC(N)=O)N2CCN(NC(=O)C=C)CC2)CC1. The summed E-state index contributed by atoms with van der Waals surface area (Å²) in [6, 6.07) is 0. The minimum absolute atomic E-state index is 0.0541. The highest BCUT2D eigenvalue weighted by Gasteiger charge is 2.32. The highest BCUT2D eigenvalue weighted by molar-refractivity contribution is 5.86. The van der Waals surface area contributed by atoms with Gasteiger partial charge in [-0.15, -0.1) is 0 Å². The molecule has 0 bridgehead atoms. The standard InChI is InChI=1S/C20H34N8O4/c1-3-18(30)22-24-9-13-26(14-10-24)28(20(32)8-6-5-7-17(21)29)27-15-11-25(12-16-27)23-19(31)4-2/h3-4H,1-2,5-16H2,(H2,21,29)(H,22,30)(H,23,31). The number of unbranched alkanes of at least 4 members (excludes halogenated alkanes) is 1. The number of piperazine rings is 2. The minimum Gasteiger partial charge on any atom is -0.370 e. The van der Waals surface area contributed by atoms with E-state index in [4.69, 9.17) is 5.73 Å². The maximum Gasteiger partial charge on any atom is 0.257 e. The van der Waals surface area contributed by atoms with Crippen LogP contribution in [0.3, 0.4) is 0 Å². The van der Waals surface area contributed by atoms with Crippen LogP contribution in [0.15, 0.2) is 25.3 Å². The summed E-state index contributed by atoms with van der Waals surface area (Å²) < 4.78 is 0. The van der Waals surface area contributed by atoms with Crippen molar-refractivity contribution in [1.82, 2.24) is 36.0 Å². The number of carbonyl (C=O) groups excluding carboxylic acids is 4. The molecular formula is C20H34N8O4. The lowest BCUT2D eigenvalue weighted by atomic mass is 10.2. The van der Waals surface area contributed by atoms with Crippen molar-refractivity contribution in [1.29, 1.82) is 0 Å². The summed E-state index contributed by atoms with van der Waals surface area (Å²) in [6.07, 6.45) is 4.14. The molecule has 2 aliphatic heterocycles. The highest BCUT2D eigenvalue weighted by Crippen LogP contribution is 2.15. The van der Waals surface area contributed by atoms with Crippen LogP contribution in [0, 0.1) is 0 Å². The Morgan fingerprint density at radius 2 is 1.16 bits per heavy atom. The molecule has 0 aliphatic carbocycles. The number of nitrogens with zero attached hydrogens (tertiary/aromatic N) is 5. The molecule has 0 aromatic rings. The van der Waals surface area contributed by atoms with Crippen LogP contribution in [0.25, 0.3) is 0 Å². The first-order valence-electron chi connectivity index (χ1n) is 10.8. The van der Waals surface area contributed by atoms with E-state index in [-0.39, 0.29) is 30.0 Å². The Balaban J connectivity index is 1.97. The molecule has 32 heavy (non-hydrogen) atoms. The van der Waals surface area contributed by atoms with Gasteiger partial charge in [-0.25, -0.2) is 25.2 Å². The van der Waals surface area contributed by atoms with Gasteiger partial charge in [0.05, 0.1) is 0 Å². The number of amides is 4. The van der Waals surface area contributed by atoms with Crippen LogP contribution in [0.5, 0.6) is 0 Å². The van der Waals surface area contributed by atoms with Gasteiger partial charge in [-0.1, -0.05) is 13.2 Å². The van der Waals surface area contributed by atoms with Crippen molar-refractivity contribution in [2.45, 2.75) is 25.7 Å². The Bertz CT molecular complexity index is 658. The molecule has 4 N–H and O–H groups in total. The van der Waals surface area contributed by atoms with E-state index in [1.807, 2.05) is 10.0 Å². The third-order valence-corrected chi connectivity index (χ3v) is 5.24. The van der Waals surface area contributed by atoms with E-state index in [1.165, 1.54) is 12.2 Å². The van der Waals surface area contributed by atoms with E-state index in [9.17, 15) is 19.2 Å². The summed E-state index contributed by atoms with van der Waals surface area (Å²) in [5, 5.41) is 9.26. The largest absolute Gasteiger partial charge is 0.370 e. The first kappa shape index (κ1) is 25.5. The number of nitrogens with two attached hydrogens (primary N) is 1. The van der Waals surface area contributed by atoms with Gasteiger partial charge < -0.3 is 5.73 Å². The Morgan fingerprint density at radius 3 is 1.53 bits per heavy atom. The van der Waals surface area contributed by atoms with Gasteiger partial charge in [-0.2, -0.15) is 0 Å². The smallest absolute Gasteiger partial charge is 0.257 e. The maximum absolute atomic E-state index is 13.1. The first-order chi connectivity index (χ1) is 15.3. The molecule has 4 amide bonds. The molecule has 2 aliphatic rings. The van der Waals surface area contributed by atoms with Crippen molar-refractivity contribution in [3.05, 3.63) is 25.3 Å². The highest BCUT2D eigenvalue weighted by atomic mass is 16.2. The predicted molar refractivity (Wildman–Crippen MR) is 117 cm³/mol. The third-order valence-electron chi connectivity index (χ3n) is 5.24. The van der Waals surface area contributed by atoms with Gasteiger partial charge in [0.1, 0.15) is 0 Å². The van der Waals surface area contributed by atoms with Gasteiger partial charge in [0.15, 0.2) is 0 Å². The summed E-state index contributed by atoms with van der Waals surface area (Å²) in [5.74, 6) is -0.955. The normalized spacial score (nSPS) is 18.5. The molecule has 0 radical (unpaired) electrons. The summed E-state index contributed by atoms with van der Waals surface area (Å²) in [4.78, 5) is 47.2. The Kier molecular flexibility index (Phi) is 10.3. The zero-order valence-electron chi connectivity index (χ0n) is 18.5. The molecule has 2 fully saturated rings. The van der Waals surface area contributed by atoms with Gasteiger partial charge >= 0.3 is 0 Å². The van der Waals surface area contributed by atoms with Gasteiger partial charge in [-0.3, -0.25) is 30.0 Å². The number of rotatable bonds is 11. The van der Waals surface area contributed by atoms with Crippen LogP contribution in [0.1, 0.15) is 25.7 Å². The number of carbonyl (C=O) groups is 4. The van der Waals surface area contributed by atoms with Crippen LogP contribution in [0.4, 0.5) is 0 Å². The molecule has 178 valence electrons. The van der Waals surface area contributed by atoms with Crippen molar-refractivity contribution in [3.63, 3.8) is 0 Å². The van der Waals surface area contributed by atoms with Gasteiger partial charge in [0, 0.05) is 65.2 Å². The lowest BCUT2D eigenvalue weighted by Crippen LogP contribution is -2.66. The lowest BCUT2D eigenvalue weighted by Gasteiger charge is -2.47. The van der Waals surface area contributed by atoms with Crippen molar-refractivity contribution < 1.29 is 19.2 Å². The number of nitrogens with one attached hydrogen (secondary N) is 2. The van der Waals surface area contributed by atoms with E-state index in [0.717, 1.165) is 0 Å². The number of hydrogen-bond donors (Lipinski definition) is 3. The Hall–Kier alpha value is -2.80. The second-order valence-corrected chi connectivity index (χ2v) is 7.60. The topological polar surface area (TPSA) is 135 Å². The number of primary amides is 1. The zero-order chi connectivity index (χ0) is 23.5. The molecule has 2 rings (SSSR count). The second kappa shape index (κ2) is 12.9. The fraction of sp³-hybridized carbons (Fsp3) is 0.600. The van der Waals surface area contributed by atoms with Crippen LogP contribution in [-0.2, 0) is 19.2 Å².